The maximum Gasteiger partial charge on any atom is 0.306 e. The molecule has 1 heterocycles. The predicted molar refractivity (Wildman–Crippen MR) is 80.2 cm³/mol. The molecule has 1 aromatic carbocycles. The van der Waals surface area contributed by atoms with Gasteiger partial charge in [0.05, 0.1) is 6.61 Å². The van der Waals surface area contributed by atoms with E-state index in [-0.39, 0.29) is 12.6 Å². The van der Waals surface area contributed by atoms with Gasteiger partial charge in [-0.2, -0.15) is 0 Å². The minimum atomic E-state index is -0.249. The third kappa shape index (κ3) is 5.83. The average molecular weight is 306 g/mol. The second kappa shape index (κ2) is 8.27. The number of hydrogen-bond acceptors (Lipinski definition) is 4. The molecule has 2 aromatic rings. The van der Waals surface area contributed by atoms with Crippen LogP contribution in [0.3, 0.4) is 0 Å². The van der Waals surface area contributed by atoms with E-state index in [0.29, 0.717) is 24.6 Å². The summed E-state index contributed by atoms with van der Waals surface area (Å²) in [4.78, 5) is 15.5. The lowest BCUT2D eigenvalue weighted by Gasteiger charge is -2.06. The molecular formula is C16H16ClNO3. The van der Waals surface area contributed by atoms with Gasteiger partial charge in [0.1, 0.15) is 17.5 Å². The van der Waals surface area contributed by atoms with Crippen LogP contribution in [0.5, 0.6) is 5.75 Å². The molecule has 0 saturated heterocycles. The molecule has 21 heavy (non-hydrogen) atoms. The number of carbonyl (C=O) groups excluding carboxylic acids is 1. The van der Waals surface area contributed by atoms with Gasteiger partial charge in [0.2, 0.25) is 0 Å². The standard InChI is InChI=1S/C16H16ClNO3/c17-15-9-8-13(11-18-15)12-21-16(19)7-4-10-20-14-5-2-1-3-6-14/h1-3,5-6,8-9,11H,4,7,10,12H2. The Balaban J connectivity index is 1.60. The Morgan fingerprint density at radius 1 is 1.14 bits per heavy atom. The van der Waals surface area contributed by atoms with Crippen molar-refractivity contribution in [3.63, 3.8) is 0 Å². The molecule has 1 aromatic heterocycles. The zero-order chi connectivity index (χ0) is 14.9. The second-order valence-corrected chi connectivity index (χ2v) is 4.80. The summed E-state index contributed by atoms with van der Waals surface area (Å²) in [5.74, 6) is 0.555. The van der Waals surface area contributed by atoms with Crippen molar-refractivity contribution in [2.45, 2.75) is 19.4 Å². The molecule has 0 bridgehead atoms. The summed E-state index contributed by atoms with van der Waals surface area (Å²) in [5, 5.41) is 0.420. The Morgan fingerprint density at radius 2 is 1.95 bits per heavy atom. The molecule has 0 aliphatic carbocycles. The predicted octanol–water partition coefficient (Wildman–Crippen LogP) is 3.64. The van der Waals surface area contributed by atoms with Gasteiger partial charge in [-0.3, -0.25) is 4.79 Å². The number of carbonyl (C=O) groups is 1. The van der Waals surface area contributed by atoms with Crippen molar-refractivity contribution in [2.75, 3.05) is 6.61 Å². The fourth-order valence-corrected chi connectivity index (χ4v) is 1.76. The Morgan fingerprint density at radius 3 is 2.67 bits per heavy atom. The number of benzene rings is 1. The molecule has 0 radical (unpaired) electrons. The number of aromatic nitrogens is 1. The van der Waals surface area contributed by atoms with Crippen LogP contribution < -0.4 is 4.74 Å². The molecule has 0 saturated carbocycles. The van der Waals surface area contributed by atoms with Gasteiger partial charge in [0, 0.05) is 18.2 Å². The van der Waals surface area contributed by atoms with Crippen LogP contribution in [-0.2, 0) is 16.1 Å². The SMILES string of the molecule is O=C(CCCOc1ccccc1)OCc1ccc(Cl)nc1. The number of nitrogens with zero attached hydrogens (tertiary/aromatic N) is 1. The summed E-state index contributed by atoms with van der Waals surface area (Å²) in [6.45, 7) is 0.699. The number of rotatable bonds is 7. The van der Waals surface area contributed by atoms with Gasteiger partial charge >= 0.3 is 5.97 Å². The van der Waals surface area contributed by atoms with Crippen LogP contribution >= 0.6 is 11.6 Å². The molecule has 0 spiro atoms. The Labute approximate surface area is 128 Å². The summed E-state index contributed by atoms with van der Waals surface area (Å²) < 4.78 is 10.6. The zero-order valence-electron chi connectivity index (χ0n) is 11.5. The zero-order valence-corrected chi connectivity index (χ0v) is 12.3. The molecule has 0 unspecified atom stereocenters. The summed E-state index contributed by atoms with van der Waals surface area (Å²) >= 11 is 5.68. The minimum absolute atomic E-state index is 0.211. The van der Waals surface area contributed by atoms with Crippen LogP contribution in [0.25, 0.3) is 0 Å². The number of esters is 1. The number of pyridine rings is 1. The largest absolute Gasteiger partial charge is 0.494 e. The number of halogens is 1. The third-order valence-electron chi connectivity index (χ3n) is 2.73. The second-order valence-electron chi connectivity index (χ2n) is 4.41. The van der Waals surface area contributed by atoms with Crippen molar-refractivity contribution >= 4 is 17.6 Å². The van der Waals surface area contributed by atoms with Crippen molar-refractivity contribution in [3.8, 4) is 5.75 Å². The molecule has 0 aliphatic rings. The monoisotopic (exact) mass is 305 g/mol. The summed E-state index contributed by atoms with van der Waals surface area (Å²) in [7, 11) is 0. The lowest BCUT2D eigenvalue weighted by Crippen LogP contribution is -2.07. The van der Waals surface area contributed by atoms with E-state index in [1.165, 1.54) is 0 Å². The quantitative estimate of drug-likeness (QED) is 0.445. The summed E-state index contributed by atoms with van der Waals surface area (Å²) in [6.07, 6.45) is 2.54. The van der Waals surface area contributed by atoms with Crippen LogP contribution in [-0.4, -0.2) is 17.6 Å². The smallest absolute Gasteiger partial charge is 0.306 e. The molecule has 0 fully saturated rings. The molecule has 5 heteroatoms. The van der Waals surface area contributed by atoms with Crippen LogP contribution in [0.4, 0.5) is 0 Å². The van der Waals surface area contributed by atoms with E-state index in [1.807, 2.05) is 30.3 Å². The first kappa shape index (κ1) is 15.3. The molecule has 4 nitrogen and oxygen atoms in total. The Kier molecular flexibility index (Phi) is 6.03. The number of hydrogen-bond donors (Lipinski definition) is 0. The van der Waals surface area contributed by atoms with Gasteiger partial charge in [-0.05, 0) is 24.6 Å². The highest BCUT2D eigenvalue weighted by Gasteiger charge is 2.04. The van der Waals surface area contributed by atoms with E-state index in [4.69, 9.17) is 21.1 Å². The van der Waals surface area contributed by atoms with Gasteiger partial charge in [0.25, 0.3) is 0 Å². The maximum absolute atomic E-state index is 11.6. The molecule has 110 valence electrons. The maximum atomic E-state index is 11.6. The first-order chi connectivity index (χ1) is 10.2. The minimum Gasteiger partial charge on any atom is -0.494 e. The lowest BCUT2D eigenvalue weighted by molar-refractivity contribution is -0.145. The first-order valence-corrected chi connectivity index (χ1v) is 7.06. The van der Waals surface area contributed by atoms with E-state index in [9.17, 15) is 4.79 Å². The molecule has 0 amide bonds. The number of ether oxygens (including phenoxy) is 2. The van der Waals surface area contributed by atoms with Crippen LogP contribution in [0.15, 0.2) is 48.7 Å². The molecule has 0 aliphatic heterocycles. The van der Waals surface area contributed by atoms with Gasteiger partial charge in [-0.1, -0.05) is 35.9 Å². The third-order valence-corrected chi connectivity index (χ3v) is 2.95. The van der Waals surface area contributed by atoms with Gasteiger partial charge in [-0.15, -0.1) is 0 Å². The molecule has 0 N–H and O–H groups in total. The fourth-order valence-electron chi connectivity index (χ4n) is 1.65. The molecule has 0 atom stereocenters. The van der Waals surface area contributed by atoms with Crippen LogP contribution in [0.1, 0.15) is 18.4 Å². The van der Waals surface area contributed by atoms with E-state index in [1.54, 1.807) is 18.3 Å². The van der Waals surface area contributed by atoms with Gasteiger partial charge in [0.15, 0.2) is 0 Å². The highest BCUT2D eigenvalue weighted by molar-refractivity contribution is 6.29. The number of para-hydroxylation sites is 1. The van der Waals surface area contributed by atoms with Crippen molar-refractivity contribution in [1.82, 2.24) is 4.98 Å². The topological polar surface area (TPSA) is 48.4 Å². The highest BCUT2D eigenvalue weighted by atomic mass is 35.5. The first-order valence-electron chi connectivity index (χ1n) is 6.68. The summed E-state index contributed by atoms with van der Waals surface area (Å²) in [5.41, 5.74) is 0.813. The van der Waals surface area contributed by atoms with Gasteiger partial charge < -0.3 is 9.47 Å². The normalized spacial score (nSPS) is 10.1. The fraction of sp³-hybridized carbons (Fsp3) is 0.250. The van der Waals surface area contributed by atoms with E-state index in [2.05, 4.69) is 4.98 Å². The van der Waals surface area contributed by atoms with Crippen molar-refractivity contribution in [3.05, 3.63) is 59.4 Å². The Bertz CT molecular complexity index is 557. The molecule has 2 rings (SSSR count). The Hall–Kier alpha value is -2.07. The molecular weight excluding hydrogens is 290 g/mol. The van der Waals surface area contributed by atoms with Crippen molar-refractivity contribution in [1.29, 1.82) is 0 Å². The van der Waals surface area contributed by atoms with Crippen LogP contribution in [0, 0.1) is 0 Å². The average Bonchev–Trinajstić information content (AvgIpc) is 2.52. The van der Waals surface area contributed by atoms with E-state index < -0.39 is 0 Å². The summed E-state index contributed by atoms with van der Waals surface area (Å²) in [6, 6.07) is 12.9. The van der Waals surface area contributed by atoms with Crippen molar-refractivity contribution in [2.24, 2.45) is 0 Å². The lowest BCUT2D eigenvalue weighted by atomic mass is 10.3. The van der Waals surface area contributed by atoms with E-state index >= 15 is 0 Å². The highest BCUT2D eigenvalue weighted by Crippen LogP contribution is 2.10. The van der Waals surface area contributed by atoms with E-state index in [0.717, 1.165) is 11.3 Å². The van der Waals surface area contributed by atoms with Gasteiger partial charge in [-0.25, -0.2) is 4.98 Å². The van der Waals surface area contributed by atoms with Crippen LogP contribution in [0.2, 0.25) is 5.15 Å². The van der Waals surface area contributed by atoms with Crippen molar-refractivity contribution < 1.29 is 14.3 Å².